The maximum Gasteiger partial charge on any atom is 0.333 e. The number of hydrogen-bond acceptors (Lipinski definition) is 11. The zero-order valence-electron chi connectivity index (χ0n) is 22.6. The predicted octanol–water partition coefficient (Wildman–Crippen LogP) is -0.167. The first-order valence-electron chi connectivity index (χ1n) is 12.6. The second-order valence-electron chi connectivity index (χ2n) is 11.2. The Morgan fingerprint density at radius 1 is 1.05 bits per heavy atom. The number of esters is 2. The Morgan fingerprint density at radius 2 is 1.63 bits per heavy atom. The molecule has 0 spiro atoms. The van der Waals surface area contributed by atoms with Gasteiger partial charge in [0, 0.05) is 4.75 Å². The molecule has 3 N–H and O–H groups in total. The van der Waals surface area contributed by atoms with Gasteiger partial charge in [-0.05, 0) is 33.3 Å². The van der Waals surface area contributed by atoms with E-state index in [1.54, 1.807) is 44.2 Å². The molecule has 3 unspecified atom stereocenters. The van der Waals surface area contributed by atoms with Crippen LogP contribution in [-0.4, -0.2) is 93.0 Å². The average molecular weight is 631 g/mol. The molecule has 4 aliphatic heterocycles. The van der Waals surface area contributed by atoms with E-state index in [9.17, 15) is 32.4 Å². The summed E-state index contributed by atoms with van der Waals surface area (Å²) in [7, 11) is -3.80. The molecule has 41 heavy (non-hydrogen) atoms. The minimum Gasteiger partial charge on any atom is -0.426 e. The van der Waals surface area contributed by atoms with E-state index < -0.39 is 90.7 Å². The normalized spacial score (nSPS) is 30.5. The molecule has 0 bridgehead atoms. The Hall–Kier alpha value is -2.88. The number of amides is 3. The number of benzene rings is 1. The Labute approximate surface area is 247 Å². The minimum absolute atomic E-state index is 0. The summed E-state index contributed by atoms with van der Waals surface area (Å²) >= 11 is 1.31. The Balaban J connectivity index is 0.00000387. The molecule has 1 aromatic carbocycles. The van der Waals surface area contributed by atoms with Crippen molar-refractivity contribution in [1.29, 1.82) is 0 Å². The van der Waals surface area contributed by atoms with Gasteiger partial charge >= 0.3 is 11.9 Å². The van der Waals surface area contributed by atoms with Gasteiger partial charge in [0.15, 0.2) is 9.84 Å². The van der Waals surface area contributed by atoms with E-state index in [1.165, 1.54) is 30.5 Å². The molecule has 224 valence electrons. The summed E-state index contributed by atoms with van der Waals surface area (Å²) in [6, 6.07) is 4.45. The van der Waals surface area contributed by atoms with Crippen LogP contribution >= 0.6 is 24.2 Å². The van der Waals surface area contributed by atoms with Gasteiger partial charge in [-0.3, -0.25) is 14.4 Å². The van der Waals surface area contributed by atoms with Crippen molar-refractivity contribution in [2.45, 2.75) is 78.5 Å². The van der Waals surface area contributed by atoms with E-state index in [2.05, 4.69) is 5.32 Å². The molecule has 4 saturated heterocycles. The minimum atomic E-state index is -3.80. The molecule has 0 radical (unpaired) electrons. The summed E-state index contributed by atoms with van der Waals surface area (Å²) in [6.07, 6.45) is -0.191. The zero-order chi connectivity index (χ0) is 29.4. The van der Waals surface area contributed by atoms with E-state index in [1.807, 2.05) is 0 Å². The van der Waals surface area contributed by atoms with Gasteiger partial charge in [-0.25, -0.2) is 18.0 Å². The Morgan fingerprint density at radius 3 is 2.22 bits per heavy atom. The molecule has 1 aromatic rings. The highest BCUT2D eigenvalue weighted by Gasteiger charge is 2.68. The number of thioether (sulfide) groups is 1. The van der Waals surface area contributed by atoms with Gasteiger partial charge in [-0.15, -0.1) is 24.2 Å². The third-order valence-electron chi connectivity index (χ3n) is 8.00. The molecule has 4 aliphatic rings. The molecule has 0 aliphatic carbocycles. The third-order valence-corrected chi connectivity index (χ3v) is 12.4. The number of halogens is 1. The summed E-state index contributed by atoms with van der Waals surface area (Å²) in [6.45, 7) is 5.37. The van der Waals surface area contributed by atoms with E-state index in [0.717, 1.165) is 4.90 Å². The number of sulfone groups is 1. The van der Waals surface area contributed by atoms with Crippen LogP contribution in [0.3, 0.4) is 0 Å². The quantitative estimate of drug-likeness (QED) is 0.232. The van der Waals surface area contributed by atoms with Crippen LogP contribution in [0.15, 0.2) is 30.3 Å². The number of β-lactam (4-membered cyclic amide) rings is 2. The van der Waals surface area contributed by atoms with Crippen molar-refractivity contribution >= 4 is 63.7 Å². The van der Waals surface area contributed by atoms with Crippen LogP contribution in [-0.2, 0) is 43.3 Å². The molecule has 6 atom stereocenters. The molecule has 5 rings (SSSR count). The topological polar surface area (TPSA) is 182 Å². The summed E-state index contributed by atoms with van der Waals surface area (Å²) < 4.78 is 33.3. The van der Waals surface area contributed by atoms with Crippen LogP contribution in [0.2, 0.25) is 0 Å². The summed E-state index contributed by atoms with van der Waals surface area (Å²) in [5, 5.41) is 1.07. The average Bonchev–Trinajstić information content (AvgIpc) is 3.22. The van der Waals surface area contributed by atoms with Crippen LogP contribution in [0.25, 0.3) is 0 Å². The van der Waals surface area contributed by atoms with Gasteiger partial charge < -0.3 is 30.3 Å². The largest absolute Gasteiger partial charge is 0.426 e. The first-order chi connectivity index (χ1) is 18.6. The van der Waals surface area contributed by atoms with Gasteiger partial charge in [0.1, 0.15) is 34.9 Å². The van der Waals surface area contributed by atoms with Crippen molar-refractivity contribution in [3.05, 3.63) is 35.9 Å². The molecule has 3 amide bonds. The molecule has 16 heteroatoms. The predicted molar refractivity (Wildman–Crippen MR) is 148 cm³/mol. The molecular weight excluding hydrogens is 600 g/mol. The van der Waals surface area contributed by atoms with Crippen LogP contribution in [0.4, 0.5) is 0 Å². The summed E-state index contributed by atoms with van der Waals surface area (Å²) in [5.74, 6) is -3.32. The number of nitrogens with one attached hydrogen (secondary N) is 1. The first kappa shape index (κ1) is 31.1. The highest BCUT2D eigenvalue weighted by Crippen LogP contribution is 2.51. The fourth-order valence-electron chi connectivity index (χ4n) is 5.69. The Bertz CT molecular complexity index is 1400. The van der Waals surface area contributed by atoms with Crippen molar-refractivity contribution in [3.63, 3.8) is 0 Å². The number of hydrogen-bond donors (Lipinski definition) is 2. The lowest BCUT2D eigenvalue weighted by Crippen LogP contribution is -2.71. The fourth-order valence-corrected chi connectivity index (χ4v) is 9.44. The lowest BCUT2D eigenvalue weighted by molar-refractivity contribution is -0.181. The maximum absolute atomic E-state index is 13.0. The van der Waals surface area contributed by atoms with Gasteiger partial charge in [0.25, 0.3) is 0 Å². The second kappa shape index (κ2) is 10.4. The molecule has 4 heterocycles. The molecule has 0 saturated carbocycles. The molecule has 4 fully saturated rings. The SMILES string of the molecule is CC1(C)SC2C(NC(=O)[C@H](N)c3ccccc3)C(=O)N2[C@H]1C(=O)OCOC(=O)[C@@H]1N2C(=O)CC2S(=O)(=O)C1(C)C.Cl. The standard InChI is InChI=1S/C25H30N4O9S2.ClH/c1-24(2)17(29-20(32)16(21(29)39-24)27-19(31)15(26)12-8-6-5-7-9-12)22(33)37-11-38-23(34)18-25(3,4)40(35,36)14-10-13(30)28(14)18;/h5-9,14-18,21H,10-11,26H2,1-4H3,(H,27,31);1H/t14?,15-,16?,17+,18+,21?;/m1./s1. The highest BCUT2D eigenvalue weighted by molar-refractivity contribution is 8.01. The lowest BCUT2D eigenvalue weighted by atomic mass is 9.95. The summed E-state index contributed by atoms with van der Waals surface area (Å²) in [5.41, 5.74) is 6.64. The van der Waals surface area contributed by atoms with Crippen molar-refractivity contribution in [3.8, 4) is 0 Å². The monoisotopic (exact) mass is 630 g/mol. The maximum atomic E-state index is 13.0. The van der Waals surface area contributed by atoms with Crippen molar-refractivity contribution < 1.29 is 41.9 Å². The fraction of sp³-hybridized carbons (Fsp3) is 0.560. The van der Waals surface area contributed by atoms with Crippen LogP contribution in [0.1, 0.15) is 45.7 Å². The molecule has 13 nitrogen and oxygen atoms in total. The number of rotatable bonds is 7. The van der Waals surface area contributed by atoms with Gasteiger partial charge in [0.2, 0.25) is 24.5 Å². The van der Waals surface area contributed by atoms with Crippen LogP contribution in [0.5, 0.6) is 0 Å². The van der Waals surface area contributed by atoms with Crippen molar-refractivity contribution in [2.24, 2.45) is 5.73 Å². The number of fused-ring (bicyclic) bond motifs is 2. The summed E-state index contributed by atoms with van der Waals surface area (Å²) in [4.78, 5) is 65.9. The number of nitrogens with zero attached hydrogens (tertiary/aromatic N) is 2. The van der Waals surface area contributed by atoms with Crippen molar-refractivity contribution in [1.82, 2.24) is 15.1 Å². The number of ether oxygens (including phenoxy) is 2. The van der Waals surface area contributed by atoms with E-state index in [0.29, 0.717) is 5.56 Å². The lowest BCUT2D eigenvalue weighted by Gasteiger charge is -2.44. The number of carbonyl (C=O) groups excluding carboxylic acids is 5. The first-order valence-corrected chi connectivity index (χ1v) is 15.0. The van der Waals surface area contributed by atoms with Crippen LogP contribution in [0, 0.1) is 0 Å². The third kappa shape index (κ3) is 4.66. The van der Waals surface area contributed by atoms with E-state index in [-0.39, 0.29) is 18.8 Å². The van der Waals surface area contributed by atoms with Gasteiger partial charge in [-0.2, -0.15) is 0 Å². The second-order valence-corrected chi connectivity index (χ2v) is 15.6. The van der Waals surface area contributed by atoms with Gasteiger partial charge in [0.05, 0.1) is 11.2 Å². The number of carbonyl (C=O) groups is 5. The van der Waals surface area contributed by atoms with Gasteiger partial charge in [-0.1, -0.05) is 30.3 Å². The molecule has 0 aromatic heterocycles. The molecular formula is C25H31ClN4O9S2. The Kier molecular flexibility index (Phi) is 7.91. The van der Waals surface area contributed by atoms with E-state index in [4.69, 9.17) is 15.2 Å². The number of nitrogens with two attached hydrogens (primary N) is 1. The van der Waals surface area contributed by atoms with Crippen molar-refractivity contribution in [2.75, 3.05) is 6.79 Å². The highest BCUT2D eigenvalue weighted by atomic mass is 35.5. The zero-order valence-corrected chi connectivity index (χ0v) is 25.1. The van der Waals surface area contributed by atoms with Crippen LogP contribution < -0.4 is 11.1 Å². The smallest absolute Gasteiger partial charge is 0.333 e. The van der Waals surface area contributed by atoms with E-state index >= 15 is 0 Å².